The summed E-state index contributed by atoms with van der Waals surface area (Å²) in [6, 6.07) is 13.5. The van der Waals surface area contributed by atoms with Crippen LogP contribution in [-0.4, -0.2) is 34.9 Å². The Morgan fingerprint density at radius 2 is 1.76 bits per heavy atom. The van der Waals surface area contributed by atoms with E-state index in [9.17, 15) is 13.2 Å². The number of anilines is 1. The van der Waals surface area contributed by atoms with Crippen LogP contribution < -0.4 is 9.64 Å². The van der Waals surface area contributed by atoms with Gasteiger partial charge in [-0.05, 0) is 49.2 Å². The molecule has 6 nitrogen and oxygen atoms in total. The quantitative estimate of drug-likeness (QED) is 0.651. The summed E-state index contributed by atoms with van der Waals surface area (Å²) in [5.74, 6) is 1.68. The largest absolute Gasteiger partial charge is 0.573 e. The van der Waals surface area contributed by atoms with E-state index in [1.165, 1.54) is 18.5 Å². The molecule has 0 spiro atoms. The molecule has 0 unspecified atom stereocenters. The number of hydrogen-bond donors (Lipinski definition) is 0. The number of fused-ring (bicyclic) bond motifs is 1. The maximum Gasteiger partial charge on any atom is 0.573 e. The van der Waals surface area contributed by atoms with E-state index in [4.69, 9.17) is 4.98 Å². The van der Waals surface area contributed by atoms with E-state index >= 15 is 0 Å². The molecular weight excluding hydrogens is 383 g/mol. The van der Waals surface area contributed by atoms with Gasteiger partial charge in [-0.1, -0.05) is 12.1 Å². The number of nitrogens with zero attached hydrogens (tertiary/aromatic N) is 5. The van der Waals surface area contributed by atoms with Crippen LogP contribution in [0.1, 0.15) is 24.6 Å². The van der Waals surface area contributed by atoms with Gasteiger partial charge in [0.05, 0.1) is 11.0 Å². The lowest BCUT2D eigenvalue weighted by Gasteiger charge is -2.27. The van der Waals surface area contributed by atoms with Gasteiger partial charge in [0.2, 0.25) is 5.96 Å². The Kier molecular flexibility index (Phi) is 4.04. The summed E-state index contributed by atoms with van der Waals surface area (Å²) in [7, 11) is 0. The SMILES string of the molecule is FC(F)(F)Oc1ccc(N2CN=CN=C2n2c(C3CC3)nc3ccccc32)cc1. The standard InChI is InChI=1S/C20H16F3N5O/c21-20(22,23)29-15-9-7-14(8-10-15)27-12-24-11-25-19(27)28-17-4-2-1-3-16(17)26-18(28)13-5-6-13/h1-4,7-11,13H,5-6,12H2. The van der Waals surface area contributed by atoms with Crippen molar-refractivity contribution in [3.05, 3.63) is 54.4 Å². The third-order valence-electron chi connectivity index (χ3n) is 4.83. The minimum absolute atomic E-state index is 0.271. The zero-order valence-corrected chi connectivity index (χ0v) is 15.2. The maximum absolute atomic E-state index is 12.4. The summed E-state index contributed by atoms with van der Waals surface area (Å²) in [6.07, 6.45) is -1.07. The van der Waals surface area contributed by atoms with Gasteiger partial charge in [-0.25, -0.2) is 9.98 Å². The van der Waals surface area contributed by atoms with Crippen molar-refractivity contribution < 1.29 is 17.9 Å². The number of benzene rings is 2. The number of imidazole rings is 1. The molecule has 1 saturated carbocycles. The normalized spacial score (nSPS) is 16.9. The van der Waals surface area contributed by atoms with Gasteiger partial charge in [0, 0.05) is 11.6 Å². The second-order valence-electron chi connectivity index (χ2n) is 6.91. The highest BCUT2D eigenvalue weighted by Crippen LogP contribution is 2.41. The van der Waals surface area contributed by atoms with E-state index < -0.39 is 6.36 Å². The van der Waals surface area contributed by atoms with Crippen LogP contribution in [0.2, 0.25) is 0 Å². The van der Waals surface area contributed by atoms with E-state index in [2.05, 4.69) is 14.7 Å². The topological polar surface area (TPSA) is 55.0 Å². The molecule has 1 aliphatic heterocycles. The first-order valence-electron chi connectivity index (χ1n) is 9.17. The Labute approximate surface area is 164 Å². The molecule has 1 fully saturated rings. The smallest absolute Gasteiger partial charge is 0.406 e. The zero-order valence-electron chi connectivity index (χ0n) is 15.2. The van der Waals surface area contributed by atoms with Crippen LogP contribution >= 0.6 is 0 Å². The number of alkyl halides is 3. The number of aromatic nitrogens is 2. The number of rotatable bonds is 3. The summed E-state index contributed by atoms with van der Waals surface area (Å²) < 4.78 is 43.3. The van der Waals surface area contributed by atoms with Gasteiger partial charge in [0.25, 0.3) is 0 Å². The van der Waals surface area contributed by atoms with Gasteiger partial charge < -0.3 is 4.74 Å². The molecule has 0 saturated heterocycles. The van der Waals surface area contributed by atoms with Crippen molar-refractivity contribution in [2.24, 2.45) is 9.98 Å². The molecule has 29 heavy (non-hydrogen) atoms. The van der Waals surface area contributed by atoms with Crippen LogP contribution in [0.4, 0.5) is 18.9 Å². The van der Waals surface area contributed by atoms with Gasteiger partial charge in [0.15, 0.2) is 0 Å². The fourth-order valence-electron chi connectivity index (χ4n) is 3.42. The number of para-hydroxylation sites is 2. The molecule has 2 aromatic carbocycles. The van der Waals surface area contributed by atoms with Crippen LogP contribution in [0.15, 0.2) is 58.5 Å². The van der Waals surface area contributed by atoms with Gasteiger partial charge >= 0.3 is 6.36 Å². The van der Waals surface area contributed by atoms with Crippen molar-refractivity contribution in [1.29, 1.82) is 0 Å². The lowest BCUT2D eigenvalue weighted by molar-refractivity contribution is -0.274. The molecule has 148 valence electrons. The molecule has 0 N–H and O–H groups in total. The maximum atomic E-state index is 12.4. The summed E-state index contributed by atoms with van der Waals surface area (Å²) in [5, 5.41) is 0. The molecule has 0 bridgehead atoms. The first-order chi connectivity index (χ1) is 14.0. The second kappa shape index (κ2) is 6.61. The third-order valence-corrected chi connectivity index (χ3v) is 4.83. The van der Waals surface area contributed by atoms with Crippen LogP contribution in [0.3, 0.4) is 0 Å². The lowest BCUT2D eigenvalue weighted by atomic mass is 10.2. The summed E-state index contributed by atoms with van der Waals surface area (Å²) in [6.45, 7) is 0.301. The monoisotopic (exact) mass is 399 g/mol. The van der Waals surface area contributed by atoms with E-state index in [0.29, 0.717) is 24.2 Å². The Morgan fingerprint density at radius 1 is 1.00 bits per heavy atom. The van der Waals surface area contributed by atoms with Crippen LogP contribution in [0, 0.1) is 0 Å². The molecule has 5 rings (SSSR count). The number of hydrogen-bond acceptors (Lipinski definition) is 5. The van der Waals surface area contributed by atoms with Gasteiger partial charge in [-0.2, -0.15) is 0 Å². The minimum atomic E-state index is -4.72. The van der Waals surface area contributed by atoms with Crippen LogP contribution in [0.25, 0.3) is 11.0 Å². The van der Waals surface area contributed by atoms with E-state index in [1.54, 1.807) is 12.1 Å². The van der Waals surface area contributed by atoms with E-state index in [-0.39, 0.29) is 5.75 Å². The molecule has 9 heteroatoms. The predicted molar refractivity (Wildman–Crippen MR) is 104 cm³/mol. The zero-order chi connectivity index (χ0) is 20.0. The highest BCUT2D eigenvalue weighted by molar-refractivity contribution is 6.06. The van der Waals surface area contributed by atoms with Gasteiger partial charge in [-0.3, -0.25) is 14.5 Å². The molecule has 2 heterocycles. The molecule has 0 amide bonds. The number of ether oxygens (including phenoxy) is 1. The van der Waals surface area contributed by atoms with Crippen molar-refractivity contribution in [1.82, 2.24) is 9.55 Å². The molecule has 2 aliphatic rings. The average molecular weight is 399 g/mol. The van der Waals surface area contributed by atoms with Crippen LogP contribution in [-0.2, 0) is 0 Å². The number of halogens is 3. The molecule has 1 aromatic heterocycles. The Balaban J connectivity index is 1.55. The molecule has 0 radical (unpaired) electrons. The molecule has 1 aliphatic carbocycles. The Morgan fingerprint density at radius 3 is 2.48 bits per heavy atom. The van der Waals surface area contributed by atoms with E-state index in [0.717, 1.165) is 29.7 Å². The number of aliphatic imine (C=N–C) groups is 2. The van der Waals surface area contributed by atoms with Crippen molar-refractivity contribution >= 4 is 29.0 Å². The Bertz CT molecular complexity index is 1110. The van der Waals surface area contributed by atoms with Crippen molar-refractivity contribution in [3.8, 4) is 5.75 Å². The fourth-order valence-corrected chi connectivity index (χ4v) is 3.42. The van der Waals surface area contributed by atoms with Gasteiger partial charge in [0.1, 0.15) is 24.6 Å². The molecular formula is C20H16F3N5O. The molecule has 0 atom stereocenters. The fraction of sp³-hybridized carbons (Fsp3) is 0.250. The van der Waals surface area contributed by atoms with Crippen LogP contribution in [0.5, 0.6) is 5.75 Å². The van der Waals surface area contributed by atoms with E-state index in [1.807, 2.05) is 33.7 Å². The molecule has 3 aromatic rings. The average Bonchev–Trinajstić information content (AvgIpc) is 3.48. The minimum Gasteiger partial charge on any atom is -0.406 e. The van der Waals surface area contributed by atoms with Crippen molar-refractivity contribution in [2.75, 3.05) is 11.6 Å². The van der Waals surface area contributed by atoms with Gasteiger partial charge in [-0.15, -0.1) is 13.2 Å². The summed E-state index contributed by atoms with van der Waals surface area (Å²) in [5.41, 5.74) is 2.48. The first-order valence-corrected chi connectivity index (χ1v) is 9.17. The highest BCUT2D eigenvalue weighted by Gasteiger charge is 2.33. The van der Waals surface area contributed by atoms with Crippen molar-refractivity contribution in [2.45, 2.75) is 25.1 Å². The summed E-state index contributed by atoms with van der Waals surface area (Å²) in [4.78, 5) is 15.4. The highest BCUT2D eigenvalue weighted by atomic mass is 19.4. The summed E-state index contributed by atoms with van der Waals surface area (Å²) >= 11 is 0. The Hall–Kier alpha value is -3.36. The lowest BCUT2D eigenvalue weighted by Crippen LogP contribution is -2.39. The van der Waals surface area contributed by atoms with Crippen molar-refractivity contribution in [3.63, 3.8) is 0 Å². The predicted octanol–water partition coefficient (Wildman–Crippen LogP) is 4.52. The second-order valence-corrected chi connectivity index (χ2v) is 6.91. The first kappa shape index (κ1) is 17.7. The third kappa shape index (κ3) is 3.43.